The zero-order valence-corrected chi connectivity index (χ0v) is 9.87. The first-order valence-electron chi connectivity index (χ1n) is 4.39. The third kappa shape index (κ3) is 2.90. The molecule has 0 amide bonds. The van der Waals surface area contributed by atoms with E-state index in [4.69, 9.17) is 4.74 Å². The highest BCUT2D eigenvalue weighted by Crippen LogP contribution is 2.15. The average molecular weight is 243 g/mol. The molecule has 0 aliphatic rings. The van der Waals surface area contributed by atoms with Crippen LogP contribution in [0.2, 0.25) is 0 Å². The molecule has 5 nitrogen and oxygen atoms in total. The maximum atomic E-state index is 11.7. The van der Waals surface area contributed by atoms with Gasteiger partial charge in [0, 0.05) is 0 Å². The quantitative estimate of drug-likeness (QED) is 0.786. The van der Waals surface area contributed by atoms with Crippen LogP contribution in [0.25, 0.3) is 0 Å². The van der Waals surface area contributed by atoms with Gasteiger partial charge in [0.05, 0.1) is 19.1 Å². The molecule has 0 saturated carbocycles. The van der Waals surface area contributed by atoms with Crippen LogP contribution in [0.3, 0.4) is 0 Å². The summed E-state index contributed by atoms with van der Waals surface area (Å²) in [5.74, 6) is 0.556. The summed E-state index contributed by atoms with van der Waals surface area (Å²) >= 11 is 0. The second-order valence-corrected chi connectivity index (χ2v) is 4.59. The zero-order valence-electron chi connectivity index (χ0n) is 9.06. The van der Waals surface area contributed by atoms with E-state index in [0.717, 1.165) is 0 Å². The van der Waals surface area contributed by atoms with Gasteiger partial charge in [0.15, 0.2) is 5.88 Å². The van der Waals surface area contributed by atoms with E-state index in [0.29, 0.717) is 5.75 Å². The molecule has 0 aliphatic heterocycles. The summed E-state index contributed by atoms with van der Waals surface area (Å²) in [5, 5.41) is 0. The van der Waals surface area contributed by atoms with Crippen LogP contribution in [-0.4, -0.2) is 22.6 Å². The molecule has 0 aromatic heterocycles. The van der Waals surface area contributed by atoms with Gasteiger partial charge in [-0.15, -0.1) is 0 Å². The summed E-state index contributed by atoms with van der Waals surface area (Å²) in [6, 6.07) is 5.99. The van der Waals surface area contributed by atoms with Crippen molar-refractivity contribution in [2.24, 2.45) is 0 Å². The number of hydrogen-bond acceptors (Lipinski definition) is 4. The normalized spacial score (nSPS) is 10.6. The summed E-state index contributed by atoms with van der Waals surface area (Å²) in [5.41, 5.74) is 0. The predicted octanol–water partition coefficient (Wildman–Crippen LogP) is 1.09. The second kappa shape index (κ2) is 4.89. The Bertz CT molecular complexity index is 464. The Morgan fingerprint density at radius 1 is 1.25 bits per heavy atom. The molecule has 6 heteroatoms. The Balaban J connectivity index is 2.94. The van der Waals surface area contributed by atoms with Crippen LogP contribution in [-0.2, 0) is 14.8 Å². The third-order valence-corrected chi connectivity index (χ3v) is 3.25. The molecular weight excluding hydrogens is 230 g/mol. The van der Waals surface area contributed by atoms with E-state index in [-0.39, 0.29) is 10.8 Å². The van der Waals surface area contributed by atoms with Crippen molar-refractivity contribution >= 4 is 10.0 Å². The molecule has 0 bridgehead atoms. The van der Waals surface area contributed by atoms with Gasteiger partial charge in [-0.25, -0.2) is 8.42 Å². The van der Waals surface area contributed by atoms with Crippen LogP contribution in [0.4, 0.5) is 0 Å². The van der Waals surface area contributed by atoms with Crippen LogP contribution >= 0.6 is 0 Å². The minimum Gasteiger partial charge on any atom is -0.497 e. The molecule has 0 saturated heterocycles. The van der Waals surface area contributed by atoms with Gasteiger partial charge < -0.3 is 9.47 Å². The van der Waals surface area contributed by atoms with Crippen molar-refractivity contribution in [2.75, 3.05) is 14.2 Å². The van der Waals surface area contributed by atoms with Gasteiger partial charge in [0.2, 0.25) is 0 Å². The highest BCUT2D eigenvalue weighted by molar-refractivity contribution is 7.89. The molecule has 0 heterocycles. The van der Waals surface area contributed by atoms with Crippen molar-refractivity contribution in [3.05, 3.63) is 36.7 Å². The molecule has 0 spiro atoms. The van der Waals surface area contributed by atoms with Crippen molar-refractivity contribution in [3.8, 4) is 5.75 Å². The van der Waals surface area contributed by atoms with E-state index in [2.05, 4.69) is 16.0 Å². The van der Waals surface area contributed by atoms with E-state index in [9.17, 15) is 8.42 Å². The number of sulfonamides is 1. The maximum Gasteiger partial charge on any atom is 0.264 e. The lowest BCUT2D eigenvalue weighted by atomic mass is 10.3. The van der Waals surface area contributed by atoms with Crippen molar-refractivity contribution in [1.82, 2.24) is 4.72 Å². The summed E-state index contributed by atoms with van der Waals surface area (Å²) in [6.45, 7) is 3.38. The van der Waals surface area contributed by atoms with Gasteiger partial charge in [-0.3, -0.25) is 4.72 Å². The van der Waals surface area contributed by atoms with Crippen molar-refractivity contribution in [3.63, 3.8) is 0 Å². The van der Waals surface area contributed by atoms with Crippen LogP contribution < -0.4 is 9.46 Å². The van der Waals surface area contributed by atoms with Crippen LogP contribution in [0.15, 0.2) is 41.6 Å². The molecule has 0 unspecified atom stereocenters. The first kappa shape index (κ1) is 12.4. The largest absolute Gasteiger partial charge is 0.497 e. The summed E-state index contributed by atoms with van der Waals surface area (Å²) in [7, 11) is -0.786. The minimum atomic E-state index is -3.63. The first-order chi connectivity index (χ1) is 7.49. The van der Waals surface area contributed by atoms with Gasteiger partial charge in [0.1, 0.15) is 5.75 Å². The molecule has 1 aromatic rings. The van der Waals surface area contributed by atoms with E-state index >= 15 is 0 Å². The fourth-order valence-electron chi connectivity index (χ4n) is 1.01. The van der Waals surface area contributed by atoms with Gasteiger partial charge in [-0.2, -0.15) is 0 Å². The number of methoxy groups -OCH3 is 2. The number of ether oxygens (including phenoxy) is 2. The Kier molecular flexibility index (Phi) is 3.78. The average Bonchev–Trinajstić information content (AvgIpc) is 2.28. The van der Waals surface area contributed by atoms with E-state index in [1.165, 1.54) is 26.4 Å². The van der Waals surface area contributed by atoms with Crippen LogP contribution in [0.1, 0.15) is 0 Å². The maximum absolute atomic E-state index is 11.7. The van der Waals surface area contributed by atoms with Gasteiger partial charge in [-0.05, 0) is 30.8 Å². The van der Waals surface area contributed by atoms with Crippen LogP contribution in [0, 0.1) is 0 Å². The molecule has 16 heavy (non-hydrogen) atoms. The van der Waals surface area contributed by atoms with Crippen molar-refractivity contribution in [2.45, 2.75) is 4.90 Å². The number of rotatable bonds is 5. The first-order valence-corrected chi connectivity index (χ1v) is 5.87. The van der Waals surface area contributed by atoms with Gasteiger partial charge in [-0.1, -0.05) is 0 Å². The SMILES string of the molecule is C=C(NS(=O)(=O)c1ccc(OC)cc1)OC. The predicted molar refractivity (Wildman–Crippen MR) is 59.5 cm³/mol. The number of hydrogen-bond donors (Lipinski definition) is 1. The lowest BCUT2D eigenvalue weighted by Crippen LogP contribution is -2.23. The Morgan fingerprint density at radius 3 is 2.25 bits per heavy atom. The topological polar surface area (TPSA) is 64.6 Å². The summed E-state index contributed by atoms with van der Waals surface area (Å²) < 4.78 is 35.2. The van der Waals surface area contributed by atoms with Crippen molar-refractivity contribution < 1.29 is 17.9 Å². The van der Waals surface area contributed by atoms with E-state index in [1.54, 1.807) is 12.1 Å². The standard InChI is InChI=1S/C10H13NO4S/c1-8(14-2)11-16(12,13)10-6-4-9(15-3)5-7-10/h4-7,11H,1H2,2-3H3. The molecule has 1 N–H and O–H groups in total. The summed E-state index contributed by atoms with van der Waals surface area (Å²) in [4.78, 5) is 0.117. The number of benzene rings is 1. The molecule has 0 atom stereocenters. The lowest BCUT2D eigenvalue weighted by Gasteiger charge is -2.09. The fraction of sp³-hybridized carbons (Fsp3) is 0.200. The molecule has 1 rings (SSSR count). The Morgan fingerprint density at radius 2 is 1.81 bits per heavy atom. The molecule has 0 aliphatic carbocycles. The van der Waals surface area contributed by atoms with Gasteiger partial charge >= 0.3 is 0 Å². The molecule has 0 fully saturated rings. The van der Waals surface area contributed by atoms with E-state index in [1.807, 2.05) is 0 Å². The third-order valence-electron chi connectivity index (χ3n) is 1.86. The van der Waals surface area contributed by atoms with Crippen molar-refractivity contribution in [1.29, 1.82) is 0 Å². The monoisotopic (exact) mass is 243 g/mol. The molecular formula is C10H13NO4S. The highest BCUT2D eigenvalue weighted by Gasteiger charge is 2.14. The smallest absolute Gasteiger partial charge is 0.264 e. The zero-order chi connectivity index (χ0) is 12.2. The minimum absolute atomic E-state index is 0.0316. The lowest BCUT2D eigenvalue weighted by molar-refractivity contribution is 0.279. The van der Waals surface area contributed by atoms with Crippen LogP contribution in [0.5, 0.6) is 5.75 Å². The highest BCUT2D eigenvalue weighted by atomic mass is 32.2. The second-order valence-electron chi connectivity index (χ2n) is 2.91. The molecule has 1 aromatic carbocycles. The number of nitrogens with one attached hydrogen (secondary N) is 1. The van der Waals surface area contributed by atoms with E-state index < -0.39 is 10.0 Å². The molecule has 88 valence electrons. The Labute approximate surface area is 94.7 Å². The fourth-order valence-corrected chi connectivity index (χ4v) is 2.00. The Hall–Kier alpha value is -1.69. The molecule has 0 radical (unpaired) electrons. The van der Waals surface area contributed by atoms with Gasteiger partial charge in [0.25, 0.3) is 10.0 Å². The summed E-state index contributed by atoms with van der Waals surface area (Å²) in [6.07, 6.45) is 0.